The van der Waals surface area contributed by atoms with E-state index in [1.165, 1.54) is 10.8 Å². The minimum Gasteiger partial charge on any atom is -0.355 e. The number of nitrogens with one attached hydrogen (secondary N) is 1. The molecular formula is C9H15NOS2. The fourth-order valence-electron chi connectivity index (χ4n) is 0.801. The zero-order chi connectivity index (χ0) is 9.94. The van der Waals surface area contributed by atoms with E-state index in [1.54, 1.807) is 0 Å². The Bertz CT molecular complexity index is 196. The van der Waals surface area contributed by atoms with E-state index < -0.39 is 0 Å². The summed E-state index contributed by atoms with van der Waals surface area (Å²) in [6.07, 6.45) is 2.97. The molecule has 13 heavy (non-hydrogen) atoms. The van der Waals surface area contributed by atoms with Gasteiger partial charge in [-0.2, -0.15) is 0 Å². The molecule has 0 saturated heterocycles. The van der Waals surface area contributed by atoms with Gasteiger partial charge in [-0.25, -0.2) is 0 Å². The molecule has 2 nitrogen and oxygen atoms in total. The first kappa shape index (κ1) is 12.7. The van der Waals surface area contributed by atoms with E-state index in [1.807, 2.05) is 6.92 Å². The molecule has 4 heteroatoms. The Morgan fingerprint density at radius 2 is 2.31 bits per heavy atom. The van der Waals surface area contributed by atoms with Crippen molar-refractivity contribution in [3.05, 3.63) is 0 Å². The smallest absolute Gasteiger partial charge is 0.230 e. The number of hydrogen-bond donors (Lipinski definition) is 2. The number of unbranched alkanes of at least 4 members (excludes halogenated alkanes) is 2. The van der Waals surface area contributed by atoms with Crippen molar-refractivity contribution in [2.24, 2.45) is 0 Å². The van der Waals surface area contributed by atoms with Gasteiger partial charge < -0.3 is 5.32 Å². The molecule has 0 aliphatic heterocycles. The lowest BCUT2D eigenvalue weighted by Gasteiger charge is -2.01. The van der Waals surface area contributed by atoms with Gasteiger partial charge in [0.2, 0.25) is 5.91 Å². The Labute approximate surface area is 89.0 Å². The van der Waals surface area contributed by atoms with Crippen LogP contribution in [-0.4, -0.2) is 18.2 Å². The monoisotopic (exact) mass is 217 g/mol. The van der Waals surface area contributed by atoms with Crippen LogP contribution in [0.3, 0.4) is 0 Å². The first-order chi connectivity index (χ1) is 6.31. The molecule has 0 atom stereocenters. The van der Waals surface area contributed by atoms with Crippen molar-refractivity contribution in [3.63, 3.8) is 0 Å². The molecule has 0 rings (SSSR count). The summed E-state index contributed by atoms with van der Waals surface area (Å²) in [6, 6.07) is 0. The Hall–Kier alpha value is -0.270. The minimum absolute atomic E-state index is 0.0570. The molecule has 0 bridgehead atoms. The second-order valence-electron chi connectivity index (χ2n) is 2.51. The summed E-state index contributed by atoms with van der Waals surface area (Å²) in [5.74, 6) is 6.30. The van der Waals surface area contributed by atoms with Crippen molar-refractivity contribution in [3.8, 4) is 11.8 Å². The van der Waals surface area contributed by atoms with Crippen LogP contribution < -0.4 is 5.32 Å². The van der Waals surface area contributed by atoms with Crippen molar-refractivity contribution in [1.29, 1.82) is 0 Å². The van der Waals surface area contributed by atoms with Crippen molar-refractivity contribution in [1.82, 2.24) is 5.32 Å². The zero-order valence-corrected chi connectivity index (χ0v) is 9.51. The SMILES string of the molecule is CC#CCCCCNC(=O)CSS. The van der Waals surface area contributed by atoms with Crippen LogP contribution in [0.5, 0.6) is 0 Å². The van der Waals surface area contributed by atoms with Crippen LogP contribution >= 0.6 is 22.5 Å². The molecular weight excluding hydrogens is 202 g/mol. The highest BCUT2D eigenvalue weighted by Crippen LogP contribution is 2.02. The van der Waals surface area contributed by atoms with Crippen molar-refractivity contribution in [2.45, 2.75) is 26.2 Å². The standard InChI is InChI=1S/C9H15NOS2/c1-2-3-4-5-6-7-10-9(11)8-13-12/h12H,4-8H2,1H3,(H,10,11). The van der Waals surface area contributed by atoms with Gasteiger partial charge >= 0.3 is 0 Å². The van der Waals surface area contributed by atoms with Crippen molar-refractivity contribution in [2.75, 3.05) is 12.3 Å². The third kappa shape index (κ3) is 9.65. The molecule has 0 aromatic heterocycles. The number of amides is 1. The average Bonchev–Trinajstić information content (AvgIpc) is 2.11. The molecule has 1 N–H and O–H groups in total. The third-order valence-corrected chi connectivity index (χ3v) is 2.20. The second kappa shape index (κ2) is 9.82. The first-order valence-electron chi connectivity index (χ1n) is 4.24. The number of carbonyl (C=O) groups excluding carboxylic acids is 1. The maximum Gasteiger partial charge on any atom is 0.230 e. The molecule has 0 heterocycles. The van der Waals surface area contributed by atoms with Gasteiger partial charge in [-0.15, -0.1) is 23.5 Å². The summed E-state index contributed by atoms with van der Waals surface area (Å²) in [5.41, 5.74) is 0. The topological polar surface area (TPSA) is 29.1 Å². The molecule has 0 aromatic carbocycles. The van der Waals surface area contributed by atoms with Crippen LogP contribution in [0.2, 0.25) is 0 Å². The molecule has 0 unspecified atom stereocenters. The predicted molar refractivity (Wildman–Crippen MR) is 61.8 cm³/mol. The summed E-state index contributed by atoms with van der Waals surface area (Å²) < 4.78 is 0. The van der Waals surface area contributed by atoms with Crippen LogP contribution in [0.4, 0.5) is 0 Å². The second-order valence-corrected chi connectivity index (χ2v) is 3.83. The van der Waals surface area contributed by atoms with Gasteiger partial charge in [0.1, 0.15) is 0 Å². The van der Waals surface area contributed by atoms with E-state index in [9.17, 15) is 4.79 Å². The highest BCUT2D eigenvalue weighted by molar-refractivity contribution is 8.68. The lowest BCUT2D eigenvalue weighted by atomic mass is 10.2. The molecule has 1 amide bonds. The first-order valence-corrected chi connectivity index (χ1v) is 6.27. The molecule has 0 aromatic rings. The Morgan fingerprint density at radius 3 is 2.92 bits per heavy atom. The van der Waals surface area contributed by atoms with Crippen LogP contribution in [-0.2, 0) is 4.79 Å². The number of carbonyl (C=O) groups is 1. The van der Waals surface area contributed by atoms with Crippen molar-refractivity contribution >= 4 is 28.4 Å². The van der Waals surface area contributed by atoms with Crippen LogP contribution in [0.1, 0.15) is 26.2 Å². The summed E-state index contributed by atoms with van der Waals surface area (Å²) in [4.78, 5) is 10.9. The normalized spacial score (nSPS) is 8.77. The molecule has 0 spiro atoms. The summed E-state index contributed by atoms with van der Waals surface area (Å²) >= 11 is 3.89. The molecule has 0 aliphatic rings. The zero-order valence-electron chi connectivity index (χ0n) is 7.80. The minimum atomic E-state index is 0.0570. The van der Waals surface area contributed by atoms with Gasteiger partial charge in [-0.05, 0) is 19.8 Å². The van der Waals surface area contributed by atoms with Gasteiger partial charge in [-0.3, -0.25) is 4.79 Å². The van der Waals surface area contributed by atoms with Gasteiger partial charge in [0.15, 0.2) is 0 Å². The Morgan fingerprint density at radius 1 is 1.54 bits per heavy atom. The summed E-state index contributed by atoms with van der Waals surface area (Å²) in [5, 5.41) is 2.80. The van der Waals surface area contributed by atoms with E-state index in [0.29, 0.717) is 5.75 Å². The van der Waals surface area contributed by atoms with E-state index >= 15 is 0 Å². The summed E-state index contributed by atoms with van der Waals surface area (Å²) in [6.45, 7) is 2.59. The lowest BCUT2D eigenvalue weighted by Crippen LogP contribution is -2.25. The van der Waals surface area contributed by atoms with Crippen LogP contribution in [0.25, 0.3) is 0 Å². The fraction of sp³-hybridized carbons (Fsp3) is 0.667. The Balaban J connectivity index is 3.14. The van der Waals surface area contributed by atoms with E-state index in [4.69, 9.17) is 0 Å². The van der Waals surface area contributed by atoms with Gasteiger partial charge in [0.25, 0.3) is 0 Å². The van der Waals surface area contributed by atoms with Gasteiger partial charge in [-0.1, -0.05) is 10.8 Å². The molecule has 0 aliphatic carbocycles. The maximum absolute atomic E-state index is 10.9. The van der Waals surface area contributed by atoms with E-state index in [0.717, 1.165) is 25.8 Å². The van der Waals surface area contributed by atoms with Crippen molar-refractivity contribution < 1.29 is 4.79 Å². The number of hydrogen-bond acceptors (Lipinski definition) is 3. The number of rotatable bonds is 6. The van der Waals surface area contributed by atoms with E-state index in [2.05, 4.69) is 28.8 Å². The lowest BCUT2D eigenvalue weighted by molar-refractivity contribution is -0.118. The third-order valence-electron chi connectivity index (χ3n) is 1.42. The molecule has 0 saturated carbocycles. The fourth-order valence-corrected chi connectivity index (χ4v) is 1.37. The maximum atomic E-state index is 10.9. The number of thiol groups is 1. The average molecular weight is 217 g/mol. The predicted octanol–water partition coefficient (Wildman–Crippen LogP) is 1.87. The van der Waals surface area contributed by atoms with E-state index in [-0.39, 0.29) is 5.91 Å². The van der Waals surface area contributed by atoms with Crippen LogP contribution in [0.15, 0.2) is 0 Å². The largest absolute Gasteiger partial charge is 0.355 e. The van der Waals surface area contributed by atoms with Crippen LogP contribution in [0, 0.1) is 11.8 Å². The van der Waals surface area contributed by atoms with Gasteiger partial charge in [0.05, 0.1) is 5.75 Å². The Kier molecular flexibility index (Phi) is 9.61. The molecule has 0 radical (unpaired) electrons. The quantitative estimate of drug-likeness (QED) is 0.308. The summed E-state index contributed by atoms with van der Waals surface area (Å²) in [7, 11) is 1.24. The highest BCUT2D eigenvalue weighted by atomic mass is 33.1. The molecule has 74 valence electrons. The van der Waals surface area contributed by atoms with Gasteiger partial charge in [0, 0.05) is 13.0 Å². The highest BCUT2D eigenvalue weighted by Gasteiger charge is 1.97. The molecule has 0 fully saturated rings.